The maximum Gasteiger partial charge on any atom is 0.268 e. The zero-order chi connectivity index (χ0) is 15.5. The highest BCUT2D eigenvalue weighted by Crippen LogP contribution is 2.15. The van der Waals surface area contributed by atoms with Gasteiger partial charge in [-0.1, -0.05) is 6.92 Å². The molecule has 0 aliphatic carbocycles. The van der Waals surface area contributed by atoms with Crippen molar-refractivity contribution in [1.29, 1.82) is 0 Å². The molecule has 0 radical (unpaired) electrons. The zero-order valence-corrected chi connectivity index (χ0v) is 12.9. The smallest absolute Gasteiger partial charge is 0.268 e. The van der Waals surface area contributed by atoms with Gasteiger partial charge in [0.1, 0.15) is 10.6 Å². The van der Waals surface area contributed by atoms with Crippen LogP contribution in [0.5, 0.6) is 0 Å². The average molecular weight is 315 g/mol. The van der Waals surface area contributed by atoms with Crippen molar-refractivity contribution < 1.29 is 17.9 Å². The van der Waals surface area contributed by atoms with E-state index in [9.17, 15) is 13.2 Å². The standard InChI is InChI=1S/C13H21N3O4S/c1-2-5-16-9-11(21(14,18)19)8-12(16)13(17)15-10-3-6-20-7-4-10/h8-10H,2-7H2,1H3,(H,15,17)(H2,14,18,19). The van der Waals surface area contributed by atoms with Gasteiger partial charge in [-0.2, -0.15) is 0 Å². The van der Waals surface area contributed by atoms with E-state index in [4.69, 9.17) is 9.88 Å². The van der Waals surface area contributed by atoms with Gasteiger partial charge in [0.2, 0.25) is 10.0 Å². The molecule has 0 spiro atoms. The van der Waals surface area contributed by atoms with Crippen LogP contribution < -0.4 is 10.5 Å². The maximum absolute atomic E-state index is 12.3. The average Bonchev–Trinajstić information content (AvgIpc) is 2.84. The van der Waals surface area contributed by atoms with Crippen LogP contribution in [-0.4, -0.2) is 38.1 Å². The first-order chi connectivity index (χ1) is 9.91. The minimum absolute atomic E-state index is 0.0342. The number of rotatable bonds is 5. The Labute approximate surface area is 124 Å². The van der Waals surface area contributed by atoms with Gasteiger partial charge >= 0.3 is 0 Å². The number of hydrogen-bond acceptors (Lipinski definition) is 4. The Morgan fingerprint density at radius 3 is 2.71 bits per heavy atom. The lowest BCUT2D eigenvalue weighted by atomic mass is 10.1. The van der Waals surface area contributed by atoms with Gasteiger partial charge in [0.15, 0.2) is 0 Å². The van der Waals surface area contributed by atoms with Crippen LogP contribution in [0.15, 0.2) is 17.2 Å². The highest BCUT2D eigenvalue weighted by Gasteiger charge is 2.22. The number of nitrogens with two attached hydrogens (primary N) is 1. The molecule has 8 heteroatoms. The predicted molar refractivity (Wildman–Crippen MR) is 77.4 cm³/mol. The summed E-state index contributed by atoms with van der Waals surface area (Å²) >= 11 is 0. The Bertz CT molecular complexity index is 603. The van der Waals surface area contributed by atoms with E-state index in [0.29, 0.717) is 25.5 Å². The van der Waals surface area contributed by atoms with Crippen LogP contribution in [0.2, 0.25) is 0 Å². The van der Waals surface area contributed by atoms with Crippen LogP contribution in [0.25, 0.3) is 0 Å². The number of nitrogens with zero attached hydrogens (tertiary/aromatic N) is 1. The van der Waals surface area contributed by atoms with Gasteiger partial charge in [-0.3, -0.25) is 4.79 Å². The zero-order valence-electron chi connectivity index (χ0n) is 12.0. The van der Waals surface area contributed by atoms with Crippen molar-refractivity contribution >= 4 is 15.9 Å². The van der Waals surface area contributed by atoms with Crippen molar-refractivity contribution in [1.82, 2.24) is 9.88 Å². The highest BCUT2D eigenvalue weighted by molar-refractivity contribution is 7.89. The van der Waals surface area contributed by atoms with Crippen LogP contribution in [0.3, 0.4) is 0 Å². The quantitative estimate of drug-likeness (QED) is 0.823. The fraction of sp³-hybridized carbons (Fsp3) is 0.615. The molecule has 2 heterocycles. The molecule has 1 aliphatic heterocycles. The third-order valence-corrected chi connectivity index (χ3v) is 4.33. The number of carbonyl (C=O) groups excluding carboxylic acids is 1. The van der Waals surface area contributed by atoms with Crippen LogP contribution in [0.1, 0.15) is 36.7 Å². The molecule has 0 unspecified atom stereocenters. The van der Waals surface area contributed by atoms with Gasteiger partial charge in [0.05, 0.1) is 0 Å². The molecule has 0 atom stereocenters. The number of aromatic nitrogens is 1. The normalized spacial score (nSPS) is 16.9. The molecule has 0 aromatic carbocycles. The lowest BCUT2D eigenvalue weighted by Crippen LogP contribution is -2.39. The van der Waals surface area contributed by atoms with E-state index in [1.807, 2.05) is 6.92 Å². The lowest BCUT2D eigenvalue weighted by molar-refractivity contribution is 0.0692. The van der Waals surface area contributed by atoms with Crippen LogP contribution in [0.4, 0.5) is 0 Å². The molecule has 1 fully saturated rings. The molecule has 1 aromatic rings. The monoisotopic (exact) mass is 315 g/mol. The molecule has 7 nitrogen and oxygen atoms in total. The third-order valence-electron chi connectivity index (χ3n) is 3.45. The van der Waals surface area contributed by atoms with E-state index < -0.39 is 10.0 Å². The van der Waals surface area contributed by atoms with Crippen LogP contribution >= 0.6 is 0 Å². The van der Waals surface area contributed by atoms with Gasteiger partial charge < -0.3 is 14.6 Å². The summed E-state index contributed by atoms with van der Waals surface area (Å²) in [5.41, 5.74) is 0.326. The number of carbonyl (C=O) groups is 1. The molecule has 1 aromatic heterocycles. The molecule has 0 bridgehead atoms. The Kier molecular flexibility index (Phi) is 5.02. The molecule has 1 amide bonds. The van der Waals surface area contributed by atoms with Crippen molar-refractivity contribution in [2.24, 2.45) is 5.14 Å². The number of amides is 1. The second-order valence-electron chi connectivity index (χ2n) is 5.16. The SMILES string of the molecule is CCCn1cc(S(N)(=O)=O)cc1C(=O)NC1CCOCC1. The Hall–Kier alpha value is -1.38. The largest absolute Gasteiger partial charge is 0.381 e. The summed E-state index contributed by atoms with van der Waals surface area (Å²) in [4.78, 5) is 12.3. The number of aryl methyl sites for hydroxylation is 1. The fourth-order valence-corrected chi connectivity index (χ4v) is 2.91. The van der Waals surface area contributed by atoms with Crippen LogP contribution in [0, 0.1) is 0 Å². The summed E-state index contributed by atoms with van der Waals surface area (Å²) in [5, 5.41) is 8.05. The number of ether oxygens (including phenoxy) is 1. The van der Waals surface area contributed by atoms with E-state index in [2.05, 4.69) is 5.32 Å². The van der Waals surface area contributed by atoms with Crippen molar-refractivity contribution in [2.45, 2.75) is 43.7 Å². The molecule has 2 rings (SSSR count). The molecule has 1 saturated heterocycles. The third kappa shape index (κ3) is 4.05. The summed E-state index contributed by atoms with van der Waals surface area (Å²) in [7, 11) is -3.81. The first kappa shape index (κ1) is 16.0. The summed E-state index contributed by atoms with van der Waals surface area (Å²) in [6, 6.07) is 1.40. The summed E-state index contributed by atoms with van der Waals surface area (Å²) in [6.07, 6.45) is 3.73. The molecule has 0 saturated carbocycles. The van der Waals surface area contributed by atoms with Gasteiger partial charge in [-0.05, 0) is 25.3 Å². The Balaban J connectivity index is 2.20. The van der Waals surface area contributed by atoms with E-state index in [1.54, 1.807) is 4.57 Å². The number of hydrogen-bond donors (Lipinski definition) is 2. The van der Waals surface area contributed by atoms with Gasteiger partial charge in [-0.15, -0.1) is 0 Å². The summed E-state index contributed by atoms with van der Waals surface area (Å²) < 4.78 is 29.7. The highest BCUT2D eigenvalue weighted by atomic mass is 32.2. The van der Waals surface area contributed by atoms with Crippen molar-refractivity contribution in [3.05, 3.63) is 18.0 Å². The van der Waals surface area contributed by atoms with Crippen molar-refractivity contribution in [3.63, 3.8) is 0 Å². The first-order valence-electron chi connectivity index (χ1n) is 7.03. The molecule has 21 heavy (non-hydrogen) atoms. The van der Waals surface area contributed by atoms with E-state index in [-0.39, 0.29) is 16.8 Å². The minimum atomic E-state index is -3.81. The Morgan fingerprint density at radius 1 is 1.48 bits per heavy atom. The molecular formula is C13H21N3O4S. The molecule has 118 valence electrons. The number of nitrogens with one attached hydrogen (secondary N) is 1. The van der Waals surface area contributed by atoms with Crippen molar-refractivity contribution in [2.75, 3.05) is 13.2 Å². The molecule has 1 aliphatic rings. The fourth-order valence-electron chi connectivity index (χ4n) is 2.36. The van der Waals surface area contributed by atoms with Crippen LogP contribution in [-0.2, 0) is 21.3 Å². The topological polar surface area (TPSA) is 103 Å². The number of sulfonamides is 1. The van der Waals surface area contributed by atoms with Gasteiger partial charge in [0, 0.05) is 32.0 Å². The Morgan fingerprint density at radius 2 is 2.14 bits per heavy atom. The van der Waals surface area contributed by atoms with E-state index in [0.717, 1.165) is 19.3 Å². The number of primary sulfonamides is 1. The van der Waals surface area contributed by atoms with Gasteiger partial charge in [-0.25, -0.2) is 13.6 Å². The predicted octanol–water partition coefficient (Wildman–Crippen LogP) is 0.454. The molecule has 3 N–H and O–H groups in total. The second kappa shape index (κ2) is 6.59. The lowest BCUT2D eigenvalue weighted by Gasteiger charge is -2.23. The van der Waals surface area contributed by atoms with Gasteiger partial charge in [0.25, 0.3) is 5.91 Å². The van der Waals surface area contributed by atoms with Crippen molar-refractivity contribution in [3.8, 4) is 0 Å². The van der Waals surface area contributed by atoms with E-state index >= 15 is 0 Å². The van der Waals surface area contributed by atoms with E-state index in [1.165, 1.54) is 12.3 Å². The summed E-state index contributed by atoms with van der Waals surface area (Å²) in [6.45, 7) is 3.77. The minimum Gasteiger partial charge on any atom is -0.381 e. The molecular weight excluding hydrogens is 294 g/mol. The summed E-state index contributed by atoms with van der Waals surface area (Å²) in [5.74, 6) is -0.273. The first-order valence-corrected chi connectivity index (χ1v) is 8.58. The maximum atomic E-state index is 12.3. The second-order valence-corrected chi connectivity index (χ2v) is 6.72.